The molecule has 1 saturated heterocycles. The summed E-state index contributed by atoms with van der Waals surface area (Å²) in [4.78, 5) is 13.7. The molecule has 3 aliphatic heterocycles. The van der Waals surface area contributed by atoms with Gasteiger partial charge in [-0.25, -0.2) is 8.42 Å². The number of hydrogen-bond donors (Lipinski definition) is 1. The Bertz CT molecular complexity index is 1220. The molecule has 1 N–H and O–H groups in total. The van der Waals surface area contributed by atoms with Gasteiger partial charge in [0.05, 0.1) is 11.4 Å². The van der Waals surface area contributed by atoms with Crippen LogP contribution < -0.4 is 5.32 Å². The van der Waals surface area contributed by atoms with Crippen molar-refractivity contribution < 1.29 is 13.2 Å². The van der Waals surface area contributed by atoms with E-state index in [1.807, 2.05) is 26.0 Å². The minimum Gasteiger partial charge on any atom is -0.342 e. The summed E-state index contributed by atoms with van der Waals surface area (Å²) in [5.74, 6) is 0.938. The number of rotatable bonds is 2. The largest absolute Gasteiger partial charge is 0.342 e. The highest BCUT2D eigenvalue weighted by Crippen LogP contribution is 2.55. The summed E-state index contributed by atoms with van der Waals surface area (Å²) in [5.41, 5.74) is 4.09. The van der Waals surface area contributed by atoms with E-state index in [-0.39, 0.29) is 11.2 Å². The molecule has 0 saturated carbocycles. The van der Waals surface area contributed by atoms with Crippen molar-refractivity contribution in [2.24, 2.45) is 21.1 Å². The van der Waals surface area contributed by atoms with Gasteiger partial charge in [-0.15, -0.1) is 5.11 Å². The highest BCUT2D eigenvalue weighted by molar-refractivity contribution is 7.89. The van der Waals surface area contributed by atoms with Gasteiger partial charge in [0.2, 0.25) is 10.0 Å². The van der Waals surface area contributed by atoms with Crippen LogP contribution in [0, 0.1) is 24.7 Å². The fourth-order valence-corrected chi connectivity index (χ4v) is 7.60. The number of piperidine rings is 1. The van der Waals surface area contributed by atoms with Crippen molar-refractivity contribution in [2.75, 3.05) is 19.6 Å². The molecule has 0 radical (unpaired) electrons. The first kappa shape index (κ1) is 21.5. The van der Waals surface area contributed by atoms with Gasteiger partial charge in [-0.2, -0.15) is 9.42 Å². The number of aryl methyl sites for hydroxylation is 2. The van der Waals surface area contributed by atoms with Gasteiger partial charge < -0.3 is 5.32 Å². The number of ketones is 1. The van der Waals surface area contributed by atoms with Crippen molar-refractivity contribution in [3.05, 3.63) is 52.0 Å². The van der Waals surface area contributed by atoms with Crippen LogP contribution in [0.25, 0.3) is 0 Å². The zero-order valence-electron chi connectivity index (χ0n) is 19.2. The second-order valence-corrected chi connectivity index (χ2v) is 12.3. The molecule has 0 unspecified atom stereocenters. The number of hydrogen-bond acceptors (Lipinski definition) is 6. The SMILES string of the molecule is Cc1ccc(S(=O)(=O)N2CCC3(CC2)C2=C(N=NC2)NC2=C3C(=O)CC(C)(C)C2)c(C)c1. The zero-order chi connectivity index (χ0) is 22.9. The van der Waals surface area contributed by atoms with Crippen LogP contribution in [0.2, 0.25) is 0 Å². The van der Waals surface area contributed by atoms with Gasteiger partial charge in [0.25, 0.3) is 0 Å². The Morgan fingerprint density at radius 3 is 2.50 bits per heavy atom. The summed E-state index contributed by atoms with van der Waals surface area (Å²) in [6, 6.07) is 5.46. The van der Waals surface area contributed by atoms with Crippen LogP contribution in [0.3, 0.4) is 0 Å². The third-order valence-electron chi connectivity index (χ3n) is 7.41. The van der Waals surface area contributed by atoms with Crippen LogP contribution in [0.1, 0.15) is 50.7 Å². The van der Waals surface area contributed by atoms with Crippen molar-refractivity contribution in [1.82, 2.24) is 9.62 Å². The van der Waals surface area contributed by atoms with Crippen LogP contribution in [0.5, 0.6) is 0 Å². The van der Waals surface area contributed by atoms with E-state index < -0.39 is 15.4 Å². The van der Waals surface area contributed by atoms with Crippen molar-refractivity contribution in [3.8, 4) is 0 Å². The third kappa shape index (κ3) is 3.18. The van der Waals surface area contributed by atoms with Gasteiger partial charge in [-0.05, 0) is 50.2 Å². The van der Waals surface area contributed by atoms with Crippen LogP contribution in [-0.4, -0.2) is 38.1 Å². The number of carbonyl (C=O) groups excluding carboxylic acids is 1. The molecule has 1 aromatic carbocycles. The minimum atomic E-state index is -3.59. The first-order valence-corrected chi connectivity index (χ1v) is 12.7. The maximum Gasteiger partial charge on any atom is 0.243 e. The van der Waals surface area contributed by atoms with Gasteiger partial charge in [0.15, 0.2) is 11.6 Å². The average molecular weight is 455 g/mol. The summed E-state index contributed by atoms with van der Waals surface area (Å²) in [5, 5.41) is 12.0. The molecule has 5 rings (SSSR count). The molecule has 0 aromatic heterocycles. The summed E-state index contributed by atoms with van der Waals surface area (Å²) >= 11 is 0. The second-order valence-electron chi connectivity index (χ2n) is 10.4. The predicted octanol–water partition coefficient (Wildman–Crippen LogP) is 4.00. The molecule has 0 bridgehead atoms. The van der Waals surface area contributed by atoms with Crippen LogP contribution in [-0.2, 0) is 14.8 Å². The Morgan fingerprint density at radius 2 is 1.81 bits per heavy atom. The number of carbonyl (C=O) groups is 1. The molecule has 0 atom stereocenters. The lowest BCUT2D eigenvalue weighted by atomic mass is 9.60. The number of benzene rings is 1. The molecule has 0 amide bonds. The van der Waals surface area contributed by atoms with Crippen LogP contribution >= 0.6 is 0 Å². The standard InChI is InChI=1S/C24H30N4O3S/c1-15-5-6-20(16(2)11-15)32(30,31)28-9-7-24(8-10-28)17-14-25-27-22(17)26-18-12-23(3,4)13-19(29)21(18)24/h5-6,11,26H,7-10,12-14H2,1-4H3. The Balaban J connectivity index is 1.50. The van der Waals surface area contributed by atoms with E-state index in [4.69, 9.17) is 0 Å². The number of nitrogens with zero attached hydrogens (tertiary/aromatic N) is 3. The lowest BCUT2D eigenvalue weighted by Gasteiger charge is -2.48. The maximum atomic E-state index is 13.4. The molecule has 32 heavy (non-hydrogen) atoms. The number of Topliss-reactive ketones (excluding diaryl/α,β-unsaturated/α-hetero) is 1. The smallest absolute Gasteiger partial charge is 0.243 e. The molecular weight excluding hydrogens is 424 g/mol. The van der Waals surface area contributed by atoms with Crippen LogP contribution in [0.15, 0.2) is 56.0 Å². The summed E-state index contributed by atoms with van der Waals surface area (Å²) in [6.45, 7) is 9.25. The minimum absolute atomic E-state index is 0.106. The molecule has 1 fully saturated rings. The predicted molar refractivity (Wildman–Crippen MR) is 121 cm³/mol. The topological polar surface area (TPSA) is 91.2 Å². The highest BCUT2D eigenvalue weighted by Gasteiger charge is 2.53. The number of fused-ring (bicyclic) bond motifs is 2. The van der Waals surface area contributed by atoms with Gasteiger partial charge in [0.1, 0.15) is 0 Å². The van der Waals surface area contributed by atoms with Gasteiger partial charge in [-0.1, -0.05) is 31.5 Å². The quantitative estimate of drug-likeness (QED) is 0.731. The molecule has 1 aromatic rings. The lowest BCUT2D eigenvalue weighted by Crippen LogP contribution is -2.50. The fourth-order valence-electron chi connectivity index (χ4n) is 5.96. The first-order valence-electron chi connectivity index (χ1n) is 11.3. The molecular formula is C24H30N4O3S. The number of sulfonamides is 1. The van der Waals surface area contributed by atoms with E-state index in [1.54, 1.807) is 10.4 Å². The number of dihydropyridines is 1. The van der Waals surface area contributed by atoms with Gasteiger partial charge in [-0.3, -0.25) is 4.79 Å². The average Bonchev–Trinajstić information content (AvgIpc) is 3.16. The van der Waals surface area contributed by atoms with Crippen molar-refractivity contribution in [1.29, 1.82) is 0 Å². The number of azo groups is 1. The highest BCUT2D eigenvalue weighted by atomic mass is 32.2. The molecule has 170 valence electrons. The molecule has 1 aliphatic carbocycles. The fraction of sp³-hybridized carbons (Fsp3) is 0.542. The lowest BCUT2D eigenvalue weighted by molar-refractivity contribution is -0.119. The Morgan fingerprint density at radius 1 is 1.09 bits per heavy atom. The van der Waals surface area contributed by atoms with Crippen LogP contribution in [0.4, 0.5) is 0 Å². The maximum absolute atomic E-state index is 13.4. The summed E-state index contributed by atoms with van der Waals surface area (Å²) < 4.78 is 28.5. The second kappa shape index (κ2) is 7.09. The van der Waals surface area contributed by atoms with Crippen molar-refractivity contribution in [3.63, 3.8) is 0 Å². The summed E-state index contributed by atoms with van der Waals surface area (Å²) in [7, 11) is -3.59. The number of nitrogens with one attached hydrogen (secondary N) is 1. The van der Waals surface area contributed by atoms with Gasteiger partial charge >= 0.3 is 0 Å². The Kier molecular flexibility index (Phi) is 4.77. The Hall–Kier alpha value is -2.32. The zero-order valence-corrected chi connectivity index (χ0v) is 20.0. The summed E-state index contributed by atoms with van der Waals surface area (Å²) in [6.07, 6.45) is 2.45. The first-order chi connectivity index (χ1) is 15.0. The molecule has 4 aliphatic rings. The van der Waals surface area contributed by atoms with E-state index in [1.165, 1.54) is 0 Å². The Labute approximate surface area is 189 Å². The van der Waals surface area contributed by atoms with E-state index >= 15 is 0 Å². The van der Waals surface area contributed by atoms with E-state index in [0.29, 0.717) is 43.8 Å². The molecule has 3 heterocycles. The number of allylic oxidation sites excluding steroid dienone is 2. The van der Waals surface area contributed by atoms with E-state index in [2.05, 4.69) is 29.4 Å². The van der Waals surface area contributed by atoms with E-state index in [9.17, 15) is 13.2 Å². The van der Waals surface area contributed by atoms with E-state index in [0.717, 1.165) is 40.2 Å². The molecule has 8 heteroatoms. The normalized spacial score (nSPS) is 24.6. The molecule has 1 spiro atoms. The van der Waals surface area contributed by atoms with Gasteiger partial charge in [0, 0.05) is 41.8 Å². The molecule has 7 nitrogen and oxygen atoms in total. The monoisotopic (exact) mass is 454 g/mol. The third-order valence-corrected chi connectivity index (χ3v) is 9.47. The van der Waals surface area contributed by atoms with Crippen molar-refractivity contribution in [2.45, 2.75) is 58.3 Å². The van der Waals surface area contributed by atoms with Crippen molar-refractivity contribution >= 4 is 15.8 Å².